The summed E-state index contributed by atoms with van der Waals surface area (Å²) >= 11 is 0. The molecule has 0 bridgehead atoms. The molecule has 4 heteroatoms. The van der Waals surface area contributed by atoms with Crippen molar-refractivity contribution in [2.75, 3.05) is 0 Å². The molecule has 0 radical (unpaired) electrons. The molecule has 0 aliphatic rings. The van der Waals surface area contributed by atoms with E-state index < -0.39 is 0 Å². The van der Waals surface area contributed by atoms with E-state index in [1.54, 1.807) is 12.5 Å². The Labute approximate surface area is 107 Å². The number of rotatable bonds is 4. The molecule has 0 amide bonds. The highest BCUT2D eigenvalue weighted by Crippen LogP contribution is 2.26. The summed E-state index contributed by atoms with van der Waals surface area (Å²) in [7, 11) is 0. The molecule has 98 valence electrons. The van der Waals surface area contributed by atoms with Crippen LogP contribution in [0.4, 0.5) is 0 Å². The Bertz CT molecular complexity index is 506. The van der Waals surface area contributed by atoms with Gasteiger partial charge in [0.1, 0.15) is 5.76 Å². The summed E-state index contributed by atoms with van der Waals surface area (Å²) in [5.74, 6) is 2.40. The van der Waals surface area contributed by atoms with Crippen molar-refractivity contribution in [3.8, 4) is 11.3 Å². The van der Waals surface area contributed by atoms with Gasteiger partial charge in [0.15, 0.2) is 5.76 Å². The van der Waals surface area contributed by atoms with Crippen molar-refractivity contribution in [3.63, 3.8) is 0 Å². The van der Waals surface area contributed by atoms with Crippen molar-refractivity contribution in [1.29, 1.82) is 0 Å². The van der Waals surface area contributed by atoms with Gasteiger partial charge in [-0.1, -0.05) is 6.92 Å². The smallest absolute Gasteiger partial charge is 0.208 e. The van der Waals surface area contributed by atoms with E-state index in [4.69, 9.17) is 8.83 Å². The van der Waals surface area contributed by atoms with Crippen molar-refractivity contribution >= 4 is 0 Å². The van der Waals surface area contributed by atoms with E-state index in [0.717, 1.165) is 23.5 Å². The van der Waals surface area contributed by atoms with Crippen LogP contribution in [0.5, 0.6) is 0 Å². The zero-order valence-electron chi connectivity index (χ0n) is 11.4. The monoisotopic (exact) mass is 248 g/mol. The normalized spacial score (nSPS) is 12.0. The van der Waals surface area contributed by atoms with Crippen LogP contribution < -0.4 is 5.32 Å². The molecule has 2 aromatic rings. The fraction of sp³-hybridized carbons (Fsp3) is 0.500. The molecule has 0 aliphatic heterocycles. The molecule has 0 fully saturated rings. The molecule has 0 aromatic carbocycles. The number of nitrogens with zero attached hydrogens (tertiary/aromatic N) is 1. The first-order valence-electron chi connectivity index (χ1n) is 6.26. The molecule has 0 atom stereocenters. The molecule has 0 spiro atoms. The molecule has 0 saturated heterocycles. The van der Waals surface area contributed by atoms with Crippen LogP contribution in [0.1, 0.15) is 39.3 Å². The largest absolute Gasteiger partial charge is 0.469 e. The van der Waals surface area contributed by atoms with Crippen molar-refractivity contribution in [2.45, 2.75) is 46.2 Å². The summed E-state index contributed by atoms with van der Waals surface area (Å²) in [6.45, 7) is 9.02. The minimum Gasteiger partial charge on any atom is -0.469 e. The highest BCUT2D eigenvalue weighted by Gasteiger charge is 2.14. The zero-order chi connectivity index (χ0) is 13.2. The Morgan fingerprint density at radius 2 is 2.11 bits per heavy atom. The number of hydrogen-bond acceptors (Lipinski definition) is 4. The summed E-state index contributed by atoms with van der Waals surface area (Å²) in [5, 5.41) is 3.35. The van der Waals surface area contributed by atoms with E-state index >= 15 is 0 Å². The topological polar surface area (TPSA) is 51.2 Å². The third-order valence-corrected chi connectivity index (χ3v) is 2.66. The first-order chi connectivity index (χ1) is 8.49. The Balaban J connectivity index is 2.11. The van der Waals surface area contributed by atoms with E-state index in [1.807, 2.05) is 6.07 Å². The van der Waals surface area contributed by atoms with Gasteiger partial charge in [0.2, 0.25) is 5.89 Å². The fourth-order valence-corrected chi connectivity index (χ4v) is 1.69. The second-order valence-corrected chi connectivity index (χ2v) is 5.33. The molecule has 4 nitrogen and oxygen atoms in total. The summed E-state index contributed by atoms with van der Waals surface area (Å²) in [6, 6.07) is 1.92. The van der Waals surface area contributed by atoms with Crippen molar-refractivity contribution in [3.05, 3.63) is 30.2 Å². The predicted molar refractivity (Wildman–Crippen MR) is 70.2 cm³/mol. The summed E-state index contributed by atoms with van der Waals surface area (Å²) in [6.07, 6.45) is 4.28. The molecule has 2 aromatic heterocycles. The van der Waals surface area contributed by atoms with Crippen LogP contribution >= 0.6 is 0 Å². The van der Waals surface area contributed by atoms with Gasteiger partial charge in [-0.2, -0.15) is 0 Å². The maximum atomic E-state index is 5.73. The lowest BCUT2D eigenvalue weighted by Crippen LogP contribution is -2.35. The van der Waals surface area contributed by atoms with E-state index in [2.05, 4.69) is 38.0 Å². The van der Waals surface area contributed by atoms with Gasteiger partial charge in [-0.05, 0) is 26.8 Å². The minimum absolute atomic E-state index is 0.0544. The maximum absolute atomic E-state index is 5.73. The van der Waals surface area contributed by atoms with Gasteiger partial charge in [0.25, 0.3) is 0 Å². The number of aryl methyl sites for hydroxylation is 1. The van der Waals surface area contributed by atoms with E-state index in [0.29, 0.717) is 12.4 Å². The average Bonchev–Trinajstić information content (AvgIpc) is 2.93. The van der Waals surface area contributed by atoms with Crippen molar-refractivity contribution < 1.29 is 8.83 Å². The number of aromatic nitrogens is 1. The second kappa shape index (κ2) is 4.98. The van der Waals surface area contributed by atoms with E-state index in [9.17, 15) is 0 Å². The van der Waals surface area contributed by atoms with Gasteiger partial charge >= 0.3 is 0 Å². The van der Waals surface area contributed by atoms with Crippen LogP contribution in [0.3, 0.4) is 0 Å². The Morgan fingerprint density at radius 3 is 2.78 bits per heavy atom. The number of hydrogen-bond donors (Lipinski definition) is 1. The van der Waals surface area contributed by atoms with Gasteiger partial charge in [0, 0.05) is 12.0 Å². The lowest BCUT2D eigenvalue weighted by atomic mass is 10.1. The van der Waals surface area contributed by atoms with Gasteiger partial charge in [-0.25, -0.2) is 4.98 Å². The van der Waals surface area contributed by atoms with Crippen LogP contribution in [0, 0.1) is 0 Å². The van der Waals surface area contributed by atoms with Gasteiger partial charge in [-0.15, -0.1) is 0 Å². The molecular weight excluding hydrogens is 228 g/mol. The summed E-state index contributed by atoms with van der Waals surface area (Å²) in [4.78, 5) is 4.28. The van der Waals surface area contributed by atoms with E-state index in [-0.39, 0.29) is 5.54 Å². The fourth-order valence-electron chi connectivity index (χ4n) is 1.69. The van der Waals surface area contributed by atoms with Crippen molar-refractivity contribution in [1.82, 2.24) is 10.3 Å². The Morgan fingerprint density at radius 1 is 1.33 bits per heavy atom. The number of oxazole rings is 1. The van der Waals surface area contributed by atoms with E-state index in [1.165, 1.54) is 0 Å². The summed E-state index contributed by atoms with van der Waals surface area (Å²) in [5.41, 5.74) is 1.05. The minimum atomic E-state index is 0.0544. The van der Waals surface area contributed by atoms with Crippen LogP contribution in [0.25, 0.3) is 11.3 Å². The molecule has 0 aliphatic carbocycles. The highest BCUT2D eigenvalue weighted by atomic mass is 16.4. The van der Waals surface area contributed by atoms with Crippen LogP contribution in [0.15, 0.2) is 27.4 Å². The lowest BCUT2D eigenvalue weighted by molar-refractivity contribution is 0.383. The van der Waals surface area contributed by atoms with Gasteiger partial charge < -0.3 is 14.2 Å². The first-order valence-corrected chi connectivity index (χ1v) is 6.26. The quantitative estimate of drug-likeness (QED) is 0.901. The van der Waals surface area contributed by atoms with Crippen LogP contribution in [-0.4, -0.2) is 10.5 Å². The first kappa shape index (κ1) is 12.9. The summed E-state index contributed by atoms with van der Waals surface area (Å²) < 4.78 is 11.1. The second-order valence-electron chi connectivity index (χ2n) is 5.33. The maximum Gasteiger partial charge on any atom is 0.208 e. The Hall–Kier alpha value is -1.55. The predicted octanol–water partition coefficient (Wildman–Crippen LogP) is 3.39. The van der Waals surface area contributed by atoms with Crippen molar-refractivity contribution in [2.24, 2.45) is 0 Å². The van der Waals surface area contributed by atoms with Crippen LogP contribution in [-0.2, 0) is 13.0 Å². The molecule has 0 unspecified atom stereocenters. The zero-order valence-corrected chi connectivity index (χ0v) is 11.4. The van der Waals surface area contributed by atoms with Gasteiger partial charge in [0.05, 0.1) is 24.6 Å². The highest BCUT2D eigenvalue weighted by molar-refractivity contribution is 5.58. The molecule has 1 N–H and O–H groups in total. The molecule has 0 saturated carbocycles. The SMILES string of the molecule is CCc1occc1-c1cnc(CNC(C)(C)C)o1. The molecular formula is C14H20N2O2. The Kier molecular flexibility index (Phi) is 3.57. The third kappa shape index (κ3) is 3.01. The average molecular weight is 248 g/mol. The molecule has 2 rings (SSSR count). The number of furan rings is 1. The third-order valence-electron chi connectivity index (χ3n) is 2.66. The lowest BCUT2D eigenvalue weighted by Gasteiger charge is -2.18. The number of nitrogens with one attached hydrogen (secondary N) is 1. The molecule has 18 heavy (non-hydrogen) atoms. The van der Waals surface area contributed by atoms with Crippen LogP contribution in [0.2, 0.25) is 0 Å². The van der Waals surface area contributed by atoms with Gasteiger partial charge in [-0.3, -0.25) is 0 Å². The standard InChI is InChI=1S/C14H20N2O2/c1-5-11-10(6-7-17-11)12-8-15-13(18-12)9-16-14(2,3)4/h6-8,16H,5,9H2,1-4H3. The molecule has 2 heterocycles.